The molecule has 0 unspecified atom stereocenters. The summed E-state index contributed by atoms with van der Waals surface area (Å²) in [6, 6.07) is 7.47. The maximum absolute atomic E-state index is 12.1. The predicted octanol–water partition coefficient (Wildman–Crippen LogP) is 2.71. The summed E-state index contributed by atoms with van der Waals surface area (Å²) in [5.41, 5.74) is 1.83. The van der Waals surface area contributed by atoms with Gasteiger partial charge in [0.15, 0.2) is 0 Å². The van der Waals surface area contributed by atoms with Crippen molar-refractivity contribution in [3.63, 3.8) is 0 Å². The Morgan fingerprint density at radius 2 is 1.75 bits per heavy atom. The smallest absolute Gasteiger partial charge is 0.319 e. The van der Waals surface area contributed by atoms with E-state index in [0.29, 0.717) is 6.54 Å². The summed E-state index contributed by atoms with van der Waals surface area (Å²) in [6.45, 7) is 4.62. The van der Waals surface area contributed by atoms with E-state index in [-0.39, 0.29) is 18.5 Å². The molecular formula is C18H28N4O2. The van der Waals surface area contributed by atoms with Crippen molar-refractivity contribution in [2.75, 3.05) is 36.4 Å². The van der Waals surface area contributed by atoms with Crippen LogP contribution in [0.2, 0.25) is 0 Å². The minimum atomic E-state index is -0.357. The Balaban J connectivity index is 1.91. The molecule has 1 saturated heterocycles. The third kappa shape index (κ3) is 5.76. The lowest BCUT2D eigenvalue weighted by atomic mass is 10.2. The largest absolute Gasteiger partial charge is 0.370 e. The summed E-state index contributed by atoms with van der Waals surface area (Å²) in [5, 5.41) is 8.20. The maximum Gasteiger partial charge on any atom is 0.319 e. The number of benzene rings is 1. The molecule has 0 aliphatic carbocycles. The van der Waals surface area contributed by atoms with E-state index in [9.17, 15) is 9.59 Å². The number of carbonyl (C=O) groups excluding carboxylic acids is 2. The lowest BCUT2D eigenvalue weighted by Crippen LogP contribution is -2.39. The lowest BCUT2D eigenvalue weighted by molar-refractivity contribution is -0.120. The van der Waals surface area contributed by atoms with E-state index in [0.717, 1.165) is 30.9 Å². The van der Waals surface area contributed by atoms with Crippen LogP contribution >= 0.6 is 0 Å². The van der Waals surface area contributed by atoms with Crippen LogP contribution in [0, 0.1) is 0 Å². The van der Waals surface area contributed by atoms with Gasteiger partial charge in [0.25, 0.3) is 0 Å². The van der Waals surface area contributed by atoms with E-state index < -0.39 is 0 Å². The first-order chi connectivity index (χ1) is 11.7. The Kier molecular flexibility index (Phi) is 7.39. The van der Waals surface area contributed by atoms with Gasteiger partial charge in [0, 0.05) is 19.6 Å². The molecule has 3 N–H and O–H groups in total. The third-order valence-corrected chi connectivity index (χ3v) is 4.08. The molecule has 6 nitrogen and oxygen atoms in total. The van der Waals surface area contributed by atoms with Crippen molar-refractivity contribution in [3.05, 3.63) is 24.3 Å². The number of para-hydroxylation sites is 2. The maximum atomic E-state index is 12.1. The topological polar surface area (TPSA) is 73.5 Å². The zero-order chi connectivity index (χ0) is 17.2. The fourth-order valence-corrected chi connectivity index (χ4v) is 2.82. The van der Waals surface area contributed by atoms with Gasteiger partial charge < -0.3 is 20.9 Å². The van der Waals surface area contributed by atoms with Crippen molar-refractivity contribution in [1.29, 1.82) is 0 Å². The summed E-state index contributed by atoms with van der Waals surface area (Å²) >= 11 is 0. The summed E-state index contributed by atoms with van der Waals surface area (Å²) in [4.78, 5) is 26.0. The van der Waals surface area contributed by atoms with Crippen LogP contribution in [0.3, 0.4) is 0 Å². The van der Waals surface area contributed by atoms with E-state index in [2.05, 4.69) is 20.9 Å². The molecule has 3 amide bonds. The first-order valence-corrected chi connectivity index (χ1v) is 8.86. The average molecular weight is 332 g/mol. The second-order valence-electron chi connectivity index (χ2n) is 6.08. The molecule has 0 bridgehead atoms. The van der Waals surface area contributed by atoms with Crippen molar-refractivity contribution in [2.24, 2.45) is 0 Å². The van der Waals surface area contributed by atoms with Gasteiger partial charge in [0.05, 0.1) is 17.9 Å². The number of amides is 3. The predicted molar refractivity (Wildman–Crippen MR) is 97.4 cm³/mol. The third-order valence-electron chi connectivity index (χ3n) is 4.08. The second kappa shape index (κ2) is 9.80. The summed E-state index contributed by atoms with van der Waals surface area (Å²) < 4.78 is 0. The number of rotatable bonds is 6. The van der Waals surface area contributed by atoms with Gasteiger partial charge in [-0.1, -0.05) is 31.9 Å². The second-order valence-corrected chi connectivity index (χ2v) is 6.08. The van der Waals surface area contributed by atoms with Crippen molar-refractivity contribution in [1.82, 2.24) is 10.6 Å². The SMILES string of the molecule is CCCNC(=O)CNC(=O)Nc1ccccc1N1CCCCCC1. The Hall–Kier alpha value is -2.24. The fraction of sp³-hybridized carbons (Fsp3) is 0.556. The molecule has 0 spiro atoms. The first-order valence-electron chi connectivity index (χ1n) is 8.86. The van der Waals surface area contributed by atoms with E-state index >= 15 is 0 Å². The van der Waals surface area contributed by atoms with Crippen molar-refractivity contribution in [2.45, 2.75) is 39.0 Å². The van der Waals surface area contributed by atoms with E-state index in [1.807, 2.05) is 31.2 Å². The quantitative estimate of drug-likeness (QED) is 0.750. The summed E-state index contributed by atoms with van der Waals surface area (Å²) in [5.74, 6) is -0.173. The van der Waals surface area contributed by atoms with Crippen LogP contribution < -0.4 is 20.9 Å². The van der Waals surface area contributed by atoms with Crippen LogP contribution in [0.1, 0.15) is 39.0 Å². The van der Waals surface area contributed by atoms with E-state index in [4.69, 9.17) is 0 Å². The van der Waals surface area contributed by atoms with Crippen LogP contribution in [0.15, 0.2) is 24.3 Å². The molecule has 1 aromatic carbocycles. The van der Waals surface area contributed by atoms with Gasteiger partial charge in [-0.2, -0.15) is 0 Å². The Morgan fingerprint density at radius 1 is 1.04 bits per heavy atom. The highest BCUT2D eigenvalue weighted by Crippen LogP contribution is 2.27. The number of carbonyl (C=O) groups is 2. The lowest BCUT2D eigenvalue weighted by Gasteiger charge is -2.25. The standard InChI is InChI=1S/C18H28N4O2/c1-2-11-19-17(23)14-20-18(24)21-15-9-5-6-10-16(15)22-12-7-3-4-8-13-22/h5-6,9-10H,2-4,7-8,11-14H2,1H3,(H,19,23)(H2,20,21,24). The molecule has 0 radical (unpaired) electrons. The molecule has 0 saturated carbocycles. The highest BCUT2D eigenvalue weighted by Gasteiger charge is 2.14. The molecule has 1 heterocycles. The molecule has 1 aromatic rings. The van der Waals surface area contributed by atoms with Gasteiger partial charge in [0.2, 0.25) is 5.91 Å². The molecule has 24 heavy (non-hydrogen) atoms. The molecule has 1 fully saturated rings. The van der Waals surface area contributed by atoms with Crippen molar-refractivity contribution < 1.29 is 9.59 Å². The van der Waals surface area contributed by atoms with Crippen LogP contribution in [0.5, 0.6) is 0 Å². The van der Waals surface area contributed by atoms with Crippen molar-refractivity contribution in [3.8, 4) is 0 Å². The Morgan fingerprint density at radius 3 is 2.46 bits per heavy atom. The monoisotopic (exact) mass is 332 g/mol. The van der Waals surface area contributed by atoms with Gasteiger partial charge in [-0.15, -0.1) is 0 Å². The van der Waals surface area contributed by atoms with Crippen LogP contribution in [-0.2, 0) is 4.79 Å². The van der Waals surface area contributed by atoms with Crippen LogP contribution in [-0.4, -0.2) is 38.1 Å². The summed E-state index contributed by atoms with van der Waals surface area (Å²) in [7, 11) is 0. The number of urea groups is 1. The Labute approximate surface area is 144 Å². The zero-order valence-corrected chi connectivity index (χ0v) is 14.4. The zero-order valence-electron chi connectivity index (χ0n) is 14.4. The molecule has 1 aliphatic heterocycles. The van der Waals surface area contributed by atoms with Gasteiger partial charge in [-0.05, 0) is 31.4 Å². The van der Waals surface area contributed by atoms with Gasteiger partial charge in [-0.25, -0.2) is 4.79 Å². The average Bonchev–Trinajstić information content (AvgIpc) is 2.88. The Bertz CT molecular complexity index is 540. The number of nitrogens with zero attached hydrogens (tertiary/aromatic N) is 1. The molecular weight excluding hydrogens is 304 g/mol. The molecule has 0 atom stereocenters. The number of nitrogens with one attached hydrogen (secondary N) is 3. The highest BCUT2D eigenvalue weighted by atomic mass is 16.2. The number of hydrogen-bond acceptors (Lipinski definition) is 3. The molecule has 1 aliphatic rings. The van der Waals surface area contributed by atoms with E-state index in [1.165, 1.54) is 25.7 Å². The summed E-state index contributed by atoms with van der Waals surface area (Å²) in [6.07, 6.45) is 5.76. The van der Waals surface area contributed by atoms with Crippen LogP contribution in [0.25, 0.3) is 0 Å². The number of anilines is 2. The normalized spacial score (nSPS) is 14.6. The van der Waals surface area contributed by atoms with E-state index in [1.54, 1.807) is 0 Å². The minimum Gasteiger partial charge on any atom is -0.370 e. The van der Waals surface area contributed by atoms with Gasteiger partial charge in [-0.3, -0.25) is 4.79 Å². The number of hydrogen-bond donors (Lipinski definition) is 3. The van der Waals surface area contributed by atoms with Gasteiger partial charge >= 0.3 is 6.03 Å². The minimum absolute atomic E-state index is 0.0162. The van der Waals surface area contributed by atoms with Crippen LogP contribution in [0.4, 0.5) is 16.2 Å². The molecule has 132 valence electrons. The van der Waals surface area contributed by atoms with Crippen molar-refractivity contribution >= 4 is 23.3 Å². The molecule has 2 rings (SSSR count). The molecule has 6 heteroatoms. The highest BCUT2D eigenvalue weighted by molar-refractivity contribution is 5.95. The molecule has 0 aromatic heterocycles. The first kappa shape index (κ1) is 18.1. The fourth-order valence-electron chi connectivity index (χ4n) is 2.82. The van der Waals surface area contributed by atoms with Gasteiger partial charge in [0.1, 0.15) is 0 Å².